The highest BCUT2D eigenvalue weighted by Gasteiger charge is 2.26. The van der Waals surface area contributed by atoms with Gasteiger partial charge in [-0.2, -0.15) is 0 Å². The van der Waals surface area contributed by atoms with E-state index in [9.17, 15) is 20.1 Å². The van der Waals surface area contributed by atoms with Crippen LogP contribution in [0.15, 0.2) is 0 Å². The minimum Gasteiger partial charge on any atom is -0.396 e. The zero-order valence-electron chi connectivity index (χ0n) is 32.1. The van der Waals surface area contributed by atoms with E-state index >= 15 is 0 Å². The number of rotatable bonds is 40. The van der Waals surface area contributed by atoms with Crippen LogP contribution in [0, 0.1) is 0 Å². The van der Waals surface area contributed by atoms with E-state index in [0.29, 0.717) is 19.4 Å². The first-order valence-electron chi connectivity index (χ1n) is 21.4. The first-order chi connectivity index (χ1) is 23.6. The molecule has 3 atom stereocenters. The highest BCUT2D eigenvalue weighted by atomic mass is 16.3. The van der Waals surface area contributed by atoms with E-state index in [0.717, 1.165) is 44.9 Å². The lowest BCUT2D eigenvalue weighted by molar-refractivity contribution is -0.124. The van der Waals surface area contributed by atoms with Crippen molar-refractivity contribution in [3.63, 3.8) is 0 Å². The molecular formula is C42H85NO5. The van der Waals surface area contributed by atoms with E-state index < -0.39 is 18.2 Å². The van der Waals surface area contributed by atoms with Gasteiger partial charge in [-0.05, 0) is 19.3 Å². The van der Waals surface area contributed by atoms with Crippen molar-refractivity contribution in [3.05, 3.63) is 0 Å². The van der Waals surface area contributed by atoms with Gasteiger partial charge in [-0.25, -0.2) is 0 Å². The Morgan fingerprint density at radius 1 is 0.458 bits per heavy atom. The molecule has 48 heavy (non-hydrogen) atoms. The van der Waals surface area contributed by atoms with E-state index in [4.69, 9.17) is 5.11 Å². The second-order valence-corrected chi connectivity index (χ2v) is 15.0. The molecule has 0 radical (unpaired) electrons. The van der Waals surface area contributed by atoms with E-state index in [1.165, 1.54) is 167 Å². The average Bonchev–Trinajstić information content (AvgIpc) is 3.09. The Morgan fingerprint density at radius 3 is 1.10 bits per heavy atom. The number of aliphatic hydroxyl groups excluding tert-OH is 4. The number of amides is 1. The van der Waals surface area contributed by atoms with Crippen LogP contribution < -0.4 is 5.32 Å². The van der Waals surface area contributed by atoms with Crippen molar-refractivity contribution in [2.75, 3.05) is 13.2 Å². The molecule has 0 aliphatic heterocycles. The maximum Gasteiger partial charge on any atom is 0.220 e. The molecule has 6 heteroatoms. The summed E-state index contributed by atoms with van der Waals surface area (Å²) in [5.41, 5.74) is 0. The number of carbonyl (C=O) groups excluding carboxylic acids is 1. The number of nitrogens with one attached hydrogen (secondary N) is 1. The fraction of sp³-hybridized carbons (Fsp3) is 0.976. The summed E-state index contributed by atoms with van der Waals surface area (Å²) in [4.78, 5) is 12.4. The number of aliphatic hydroxyl groups is 4. The Bertz CT molecular complexity index is 633. The molecule has 288 valence electrons. The van der Waals surface area contributed by atoms with Crippen LogP contribution in [-0.2, 0) is 4.79 Å². The first kappa shape index (κ1) is 47.3. The quantitative estimate of drug-likeness (QED) is 0.0413. The van der Waals surface area contributed by atoms with Gasteiger partial charge in [0.15, 0.2) is 0 Å². The highest BCUT2D eigenvalue weighted by molar-refractivity contribution is 5.76. The minimum absolute atomic E-state index is 0.146. The molecule has 5 N–H and O–H groups in total. The second-order valence-electron chi connectivity index (χ2n) is 15.0. The predicted molar refractivity (Wildman–Crippen MR) is 205 cm³/mol. The molecule has 0 fully saturated rings. The van der Waals surface area contributed by atoms with Gasteiger partial charge in [0.05, 0.1) is 18.8 Å². The molecule has 6 nitrogen and oxygen atoms in total. The van der Waals surface area contributed by atoms with Gasteiger partial charge in [0.1, 0.15) is 6.10 Å². The van der Waals surface area contributed by atoms with Gasteiger partial charge in [-0.3, -0.25) is 4.79 Å². The van der Waals surface area contributed by atoms with Crippen LogP contribution in [0.3, 0.4) is 0 Å². The normalized spacial score (nSPS) is 13.5. The third-order valence-electron chi connectivity index (χ3n) is 10.3. The maximum atomic E-state index is 12.4. The van der Waals surface area contributed by atoms with Crippen molar-refractivity contribution in [1.29, 1.82) is 0 Å². The molecule has 0 saturated heterocycles. The molecule has 0 aliphatic carbocycles. The molecule has 0 unspecified atom stereocenters. The number of hydrogen-bond acceptors (Lipinski definition) is 5. The Hall–Kier alpha value is -0.690. The zero-order chi connectivity index (χ0) is 35.2. The third kappa shape index (κ3) is 33.8. The lowest BCUT2D eigenvalue weighted by Gasteiger charge is -2.26. The summed E-state index contributed by atoms with van der Waals surface area (Å²) in [6, 6.07) is -0.807. The van der Waals surface area contributed by atoms with Crippen molar-refractivity contribution in [2.24, 2.45) is 0 Å². The summed E-state index contributed by atoms with van der Waals surface area (Å²) in [6.45, 7) is 2.24. The minimum atomic E-state index is -1.13. The van der Waals surface area contributed by atoms with Gasteiger partial charge in [0.25, 0.3) is 0 Å². The maximum absolute atomic E-state index is 12.4. The molecule has 0 aromatic heterocycles. The molecule has 0 aliphatic rings. The van der Waals surface area contributed by atoms with Crippen LogP contribution >= 0.6 is 0 Å². The van der Waals surface area contributed by atoms with E-state index in [-0.39, 0.29) is 12.5 Å². The molecule has 0 saturated carbocycles. The second kappa shape index (κ2) is 39.1. The van der Waals surface area contributed by atoms with Crippen molar-refractivity contribution in [1.82, 2.24) is 5.32 Å². The summed E-state index contributed by atoms with van der Waals surface area (Å²) < 4.78 is 0. The zero-order valence-corrected chi connectivity index (χ0v) is 32.1. The summed E-state index contributed by atoms with van der Waals surface area (Å²) in [5, 5.41) is 42.2. The van der Waals surface area contributed by atoms with E-state index in [2.05, 4.69) is 12.2 Å². The van der Waals surface area contributed by atoms with Gasteiger partial charge in [0, 0.05) is 13.0 Å². The van der Waals surface area contributed by atoms with Crippen LogP contribution in [0.2, 0.25) is 0 Å². The summed E-state index contributed by atoms with van der Waals surface area (Å²) >= 11 is 0. The van der Waals surface area contributed by atoms with Gasteiger partial charge < -0.3 is 25.7 Å². The largest absolute Gasteiger partial charge is 0.396 e. The van der Waals surface area contributed by atoms with Gasteiger partial charge in [-0.15, -0.1) is 0 Å². The molecule has 0 rings (SSSR count). The van der Waals surface area contributed by atoms with Crippen molar-refractivity contribution >= 4 is 5.91 Å². The van der Waals surface area contributed by atoms with Gasteiger partial charge in [0.2, 0.25) is 5.91 Å². The van der Waals surface area contributed by atoms with Gasteiger partial charge in [-0.1, -0.05) is 206 Å². The summed E-state index contributed by atoms with van der Waals surface area (Å²) in [6.07, 6.45) is 40.7. The van der Waals surface area contributed by atoms with Gasteiger partial charge >= 0.3 is 0 Å². The van der Waals surface area contributed by atoms with Crippen LogP contribution in [0.5, 0.6) is 0 Å². The monoisotopic (exact) mass is 684 g/mol. The average molecular weight is 684 g/mol. The number of hydrogen-bond donors (Lipinski definition) is 5. The Balaban J connectivity index is 3.54. The summed E-state index contributed by atoms with van der Waals surface area (Å²) in [5.74, 6) is -0.146. The van der Waals surface area contributed by atoms with Crippen LogP contribution in [0.25, 0.3) is 0 Å². The highest BCUT2D eigenvalue weighted by Crippen LogP contribution is 2.17. The fourth-order valence-electron chi connectivity index (χ4n) is 6.91. The van der Waals surface area contributed by atoms with E-state index in [1.54, 1.807) is 0 Å². The molecule has 1 amide bonds. The smallest absolute Gasteiger partial charge is 0.220 e. The topological polar surface area (TPSA) is 110 Å². The summed E-state index contributed by atoms with van der Waals surface area (Å²) in [7, 11) is 0. The molecule has 0 aromatic rings. The van der Waals surface area contributed by atoms with Crippen molar-refractivity contribution in [2.45, 2.75) is 250 Å². The van der Waals surface area contributed by atoms with E-state index in [1.807, 2.05) is 0 Å². The third-order valence-corrected chi connectivity index (χ3v) is 10.3. The molecule has 0 bridgehead atoms. The SMILES string of the molecule is CCCCCCCCCCCCCC[C@@H](O)[C@@H](O)[C@H](CO)NC(=O)CCCCCCCCCCCCCCCCCCCCCCCO. The molecule has 0 aromatic carbocycles. The van der Waals surface area contributed by atoms with Crippen molar-refractivity contribution < 1.29 is 25.2 Å². The van der Waals surface area contributed by atoms with Crippen LogP contribution in [-0.4, -0.2) is 57.8 Å². The number of unbranched alkanes of at least 4 members (excludes halogenated alkanes) is 31. The Kier molecular flexibility index (Phi) is 38.5. The first-order valence-corrected chi connectivity index (χ1v) is 21.4. The van der Waals surface area contributed by atoms with Crippen LogP contribution in [0.1, 0.15) is 232 Å². The number of carbonyl (C=O) groups is 1. The predicted octanol–water partition coefficient (Wildman–Crippen LogP) is 10.9. The Labute approximate surface area is 299 Å². The van der Waals surface area contributed by atoms with Crippen LogP contribution in [0.4, 0.5) is 0 Å². The standard InChI is InChI=1S/C42H85NO5/c1-2-3-4-5-6-7-8-20-23-26-29-32-35-40(46)42(48)39(38-45)43-41(47)36-33-30-27-24-21-18-16-14-12-10-9-11-13-15-17-19-22-25-28-31-34-37-44/h39-40,42,44-46,48H,2-38H2,1H3,(H,43,47)/t39-,40+,42-/m0/s1. The lowest BCUT2D eigenvalue weighted by atomic mass is 9.99. The fourth-order valence-corrected chi connectivity index (χ4v) is 6.91. The molecule has 0 heterocycles. The molecule has 0 spiro atoms. The molecular weight excluding hydrogens is 598 g/mol. The lowest BCUT2D eigenvalue weighted by Crippen LogP contribution is -2.50. The Morgan fingerprint density at radius 2 is 0.771 bits per heavy atom. The van der Waals surface area contributed by atoms with Crippen molar-refractivity contribution in [3.8, 4) is 0 Å².